The zero-order chi connectivity index (χ0) is 0. The summed E-state index contributed by atoms with van der Waals surface area (Å²) in [6.07, 6.45) is 0. The van der Waals surface area contributed by atoms with Crippen LogP contribution in [0.15, 0.2) is 0 Å². The summed E-state index contributed by atoms with van der Waals surface area (Å²) in [7, 11) is 0. The van der Waals surface area contributed by atoms with Crippen molar-refractivity contribution in [2.24, 2.45) is 0 Å². The predicted molar refractivity (Wildman–Crippen MR) is 13.7 cm³/mol. The summed E-state index contributed by atoms with van der Waals surface area (Å²) in [6, 6.07) is 0. The van der Waals surface area contributed by atoms with Gasteiger partial charge in [0.1, 0.15) is 0 Å². The molecule has 0 heterocycles. The third-order valence-corrected chi connectivity index (χ3v) is 0. The molecular weight excluding hydrogens is 75.0 g/mol. The van der Waals surface area contributed by atoms with Crippen molar-refractivity contribution in [3.63, 3.8) is 0 Å². The zero-order valence-electron chi connectivity index (χ0n) is 1.99. The third kappa shape index (κ3) is 28.3. The van der Waals surface area contributed by atoms with Crippen molar-refractivity contribution in [1.82, 2.24) is 0 Å². The minimum Gasteiger partial charge on any atom is -2.00 e. The quantitative estimate of drug-likeness (QED) is 0.296. The summed E-state index contributed by atoms with van der Waals surface area (Å²) in [4.78, 5) is 0. The average Bonchev–Trinajstić information content (AvgIpc) is 0. The van der Waals surface area contributed by atoms with Crippen LogP contribution in [0.1, 0.15) is 0 Å². The minimum atomic E-state index is 0. The van der Waals surface area contributed by atoms with Gasteiger partial charge in [0.2, 0.25) is 0 Å². The van der Waals surface area contributed by atoms with E-state index in [0.717, 1.165) is 0 Å². The second kappa shape index (κ2) is 117. The number of rotatable bonds is 0. The van der Waals surface area contributed by atoms with Gasteiger partial charge in [-0.05, 0) is 0 Å². The molecule has 4 N–H and O–H groups in total. The van der Waals surface area contributed by atoms with Crippen molar-refractivity contribution in [2.45, 2.75) is 0 Å². The van der Waals surface area contributed by atoms with Crippen LogP contribution in [0.4, 0.5) is 0 Å². The van der Waals surface area contributed by atoms with E-state index in [1.54, 1.807) is 0 Å². The largest absolute Gasteiger partial charge is 3.00 e. The van der Waals surface area contributed by atoms with Gasteiger partial charge in [0, 0.05) is 0 Å². The summed E-state index contributed by atoms with van der Waals surface area (Å²) < 4.78 is 0. The van der Waals surface area contributed by atoms with Crippen LogP contribution in [0.5, 0.6) is 0 Å². The molecule has 24 valence electrons. The maximum absolute atomic E-state index is 0. The predicted octanol–water partition coefficient (Wildman–Crippen LogP) is -2.15. The molecule has 0 aliphatic rings. The van der Waals surface area contributed by atoms with E-state index in [1.165, 1.54) is 0 Å². The van der Waals surface area contributed by atoms with Crippen molar-refractivity contribution in [3.8, 4) is 0 Å². The molecule has 0 saturated heterocycles. The Morgan fingerprint density at radius 1 is 0.750 bits per heavy atom. The Labute approximate surface area is 34.7 Å². The van der Waals surface area contributed by atoms with Crippen molar-refractivity contribution >= 4 is 17.4 Å². The fourth-order valence-electron chi connectivity index (χ4n) is 0. The molecule has 0 amide bonds. The zero-order valence-corrected chi connectivity index (χ0v) is 3.14. The fraction of sp³-hybridized carbons (Fsp3) is 0. The van der Waals surface area contributed by atoms with E-state index in [0.29, 0.717) is 0 Å². The molecule has 0 aliphatic carbocycles. The van der Waals surface area contributed by atoms with Crippen LogP contribution in [0.2, 0.25) is 0 Å². The van der Waals surface area contributed by atoms with Gasteiger partial charge in [-0.15, -0.1) is 0 Å². The maximum Gasteiger partial charge on any atom is 3.00 e. The molecule has 3 nitrogen and oxygen atoms in total. The molecule has 0 aromatic heterocycles. The Morgan fingerprint density at radius 2 is 0.750 bits per heavy atom. The molecule has 4 heteroatoms. The van der Waals surface area contributed by atoms with Crippen molar-refractivity contribution in [3.05, 3.63) is 0 Å². The maximum atomic E-state index is 0. The molecule has 0 rings (SSSR count). The van der Waals surface area contributed by atoms with Gasteiger partial charge in [-0.2, -0.15) is 0 Å². The van der Waals surface area contributed by atoms with E-state index in [1.807, 2.05) is 0 Å². The first-order chi connectivity index (χ1) is 0. The van der Waals surface area contributed by atoms with Crippen molar-refractivity contribution < 1.29 is 16.4 Å². The molecule has 0 spiro atoms. The van der Waals surface area contributed by atoms with Gasteiger partial charge in [0.05, 0.1) is 0 Å². The summed E-state index contributed by atoms with van der Waals surface area (Å²) in [6.45, 7) is 0. The first kappa shape index (κ1) is 302. The first-order valence-electron chi connectivity index (χ1n) is 0. The van der Waals surface area contributed by atoms with Gasteiger partial charge in [-0.1, -0.05) is 0 Å². The molecule has 0 fully saturated rings. The van der Waals surface area contributed by atoms with Crippen molar-refractivity contribution in [2.75, 3.05) is 0 Å². The normalized spacial score (nSPS) is 0. The van der Waals surface area contributed by atoms with E-state index in [4.69, 9.17) is 0 Å². The van der Waals surface area contributed by atoms with Crippen LogP contribution in [-0.2, 0) is 5.48 Å². The van der Waals surface area contributed by atoms with Crippen LogP contribution >= 0.6 is 0 Å². The summed E-state index contributed by atoms with van der Waals surface area (Å²) in [5.41, 5.74) is 0. The van der Waals surface area contributed by atoms with Gasteiger partial charge >= 0.3 is 17.4 Å². The van der Waals surface area contributed by atoms with Gasteiger partial charge < -0.3 is 16.4 Å². The summed E-state index contributed by atoms with van der Waals surface area (Å²) in [5.74, 6) is 0. The van der Waals surface area contributed by atoms with Crippen molar-refractivity contribution in [1.29, 1.82) is 0 Å². The topological polar surface area (TPSA) is 91.5 Å². The Balaban J connectivity index is 0. The number of hydrogen-bond acceptors (Lipinski definition) is 0. The summed E-state index contributed by atoms with van der Waals surface area (Å²) in [5, 5.41) is 0. The van der Waals surface area contributed by atoms with E-state index in [9.17, 15) is 0 Å². The molecule has 0 saturated carbocycles. The summed E-state index contributed by atoms with van der Waals surface area (Å²) >= 11 is 0. The smallest absolute Gasteiger partial charge is 2.00 e. The first-order valence-corrected chi connectivity index (χ1v) is 0. The van der Waals surface area contributed by atoms with E-state index in [2.05, 4.69) is 0 Å². The molecule has 4 heavy (non-hydrogen) atoms. The van der Waals surface area contributed by atoms with Gasteiger partial charge in [-0.25, -0.2) is 0 Å². The van der Waals surface area contributed by atoms with Gasteiger partial charge in [-0.3, -0.25) is 0 Å². The van der Waals surface area contributed by atoms with E-state index in [-0.39, 0.29) is 33.8 Å². The molecule has 0 aromatic rings. The fourth-order valence-corrected chi connectivity index (χ4v) is 0. The Morgan fingerprint density at radius 3 is 0.750 bits per heavy atom. The second-order valence-corrected chi connectivity index (χ2v) is 0. The van der Waals surface area contributed by atoms with Crippen LogP contribution < -0.4 is 0 Å². The van der Waals surface area contributed by atoms with E-state index >= 15 is 0 Å². The SMILES string of the molecule is O.O.[Al+3].[O-2]. The van der Waals surface area contributed by atoms with Crippen LogP contribution in [-0.4, -0.2) is 28.3 Å². The minimum absolute atomic E-state index is 0. The van der Waals surface area contributed by atoms with Gasteiger partial charge in [0.15, 0.2) is 0 Å². The Hall–Kier alpha value is 0.412. The Bertz CT molecular complexity index is 3.25. The van der Waals surface area contributed by atoms with Crippen LogP contribution in [0.3, 0.4) is 0 Å². The average molecular weight is 79.0 g/mol. The van der Waals surface area contributed by atoms with E-state index < -0.39 is 0 Å². The standard InChI is InChI=1S/Al.2H2O.O/h;2*1H2;/q+3;;;-2. The van der Waals surface area contributed by atoms with Crippen LogP contribution in [0, 0.1) is 0 Å². The van der Waals surface area contributed by atoms with Crippen LogP contribution in [0.25, 0.3) is 0 Å². The number of hydrogen-bond donors (Lipinski definition) is 0. The molecule has 0 aromatic carbocycles. The molecular formula is H4AlO3+. The molecule has 0 bridgehead atoms. The molecule has 0 radical (unpaired) electrons. The molecule has 0 unspecified atom stereocenters. The molecule has 0 aliphatic heterocycles. The third-order valence-electron chi connectivity index (χ3n) is 0. The monoisotopic (exact) mass is 79.0 g/mol. The molecule has 0 atom stereocenters. The second-order valence-electron chi connectivity index (χ2n) is 0. The van der Waals surface area contributed by atoms with Gasteiger partial charge in [0.25, 0.3) is 0 Å². The Kier molecular flexibility index (Phi) is 8810.